The van der Waals surface area contributed by atoms with Crippen molar-refractivity contribution in [3.63, 3.8) is 0 Å². The molecular weight excluding hydrogens is 402 g/mol. The Hall–Kier alpha value is -3.87. The Kier molecular flexibility index (Phi) is 5.46. The number of carbonyl (C=O) groups is 1. The van der Waals surface area contributed by atoms with E-state index in [1.54, 1.807) is 12.4 Å². The number of pyridine rings is 1. The minimum Gasteiger partial charge on any atom is -0.356 e. The molecule has 32 heavy (non-hydrogen) atoms. The minimum atomic E-state index is 0.0476. The first-order chi connectivity index (χ1) is 15.7. The summed E-state index contributed by atoms with van der Waals surface area (Å²) in [5.41, 5.74) is 3.88. The molecule has 1 fully saturated rings. The quantitative estimate of drug-likeness (QED) is 0.478. The van der Waals surface area contributed by atoms with Crippen LogP contribution < -0.4 is 0 Å². The van der Waals surface area contributed by atoms with Crippen LogP contribution in [0.15, 0.2) is 71.5 Å². The predicted molar refractivity (Wildman–Crippen MR) is 120 cm³/mol. The van der Waals surface area contributed by atoms with Gasteiger partial charge in [0.1, 0.15) is 5.69 Å². The van der Waals surface area contributed by atoms with Crippen LogP contribution in [0.25, 0.3) is 22.8 Å². The number of aryl methyl sites for hydroxylation is 1. The van der Waals surface area contributed by atoms with Crippen LogP contribution in [0.1, 0.15) is 40.5 Å². The van der Waals surface area contributed by atoms with Gasteiger partial charge in [0, 0.05) is 43.0 Å². The van der Waals surface area contributed by atoms with Gasteiger partial charge in [0.05, 0.1) is 17.0 Å². The summed E-state index contributed by atoms with van der Waals surface area (Å²) in [4.78, 5) is 28.9. The number of nitrogens with zero attached hydrogens (tertiary/aromatic N) is 5. The molecule has 1 atom stereocenters. The number of piperidine rings is 1. The van der Waals surface area contributed by atoms with Crippen LogP contribution >= 0.6 is 0 Å². The van der Waals surface area contributed by atoms with Crippen LogP contribution in [0.3, 0.4) is 0 Å². The zero-order valence-electron chi connectivity index (χ0n) is 17.8. The molecule has 3 aromatic heterocycles. The zero-order chi connectivity index (χ0) is 21.9. The maximum Gasteiger partial charge on any atom is 0.253 e. The van der Waals surface area contributed by atoms with E-state index in [2.05, 4.69) is 15.1 Å². The number of rotatable bonds is 4. The average molecular weight is 425 g/mol. The van der Waals surface area contributed by atoms with Gasteiger partial charge >= 0.3 is 0 Å². The minimum absolute atomic E-state index is 0.0476. The number of hydrogen-bond acceptors (Lipinski definition) is 6. The number of benzene rings is 1. The Morgan fingerprint density at radius 1 is 1.09 bits per heavy atom. The summed E-state index contributed by atoms with van der Waals surface area (Å²) >= 11 is 0. The molecule has 4 aromatic rings. The van der Waals surface area contributed by atoms with Gasteiger partial charge in [-0.2, -0.15) is 0 Å². The summed E-state index contributed by atoms with van der Waals surface area (Å²) in [6, 6.07) is 17.0. The molecule has 1 saturated heterocycles. The number of carbonyl (C=O) groups excluding carboxylic acids is 1. The van der Waals surface area contributed by atoms with Crippen LogP contribution in [0.4, 0.5) is 0 Å². The molecule has 0 saturated carbocycles. The van der Waals surface area contributed by atoms with Gasteiger partial charge in [0.15, 0.2) is 11.6 Å². The summed E-state index contributed by atoms with van der Waals surface area (Å²) in [5, 5.41) is 4.04. The van der Waals surface area contributed by atoms with Gasteiger partial charge in [-0.05, 0) is 44.0 Å². The molecule has 0 N–H and O–H groups in total. The Balaban J connectivity index is 1.52. The van der Waals surface area contributed by atoms with Crippen LogP contribution in [-0.2, 0) is 0 Å². The second-order valence-corrected chi connectivity index (χ2v) is 8.00. The van der Waals surface area contributed by atoms with Gasteiger partial charge in [-0.1, -0.05) is 29.4 Å². The van der Waals surface area contributed by atoms with E-state index >= 15 is 0 Å². The lowest BCUT2D eigenvalue weighted by atomic mass is 9.90. The van der Waals surface area contributed by atoms with Crippen molar-refractivity contribution < 1.29 is 9.32 Å². The van der Waals surface area contributed by atoms with Crippen molar-refractivity contribution in [3.8, 4) is 22.8 Å². The second kappa shape index (κ2) is 8.70. The molecule has 7 nitrogen and oxygen atoms in total. The summed E-state index contributed by atoms with van der Waals surface area (Å²) in [6.45, 7) is 3.21. The van der Waals surface area contributed by atoms with Crippen molar-refractivity contribution in [2.45, 2.75) is 25.7 Å². The molecular formula is C25H23N5O2. The highest BCUT2D eigenvalue weighted by Crippen LogP contribution is 2.34. The van der Waals surface area contributed by atoms with Crippen molar-refractivity contribution in [2.24, 2.45) is 0 Å². The SMILES string of the molecule is Cc1cc(-c2cnc(-c3ccccn3)nc2C2CCCN(C(=O)c3ccccc3)C2)on1. The van der Waals surface area contributed by atoms with Crippen molar-refractivity contribution in [1.82, 2.24) is 25.0 Å². The smallest absolute Gasteiger partial charge is 0.253 e. The van der Waals surface area contributed by atoms with Crippen LogP contribution in [0.2, 0.25) is 0 Å². The van der Waals surface area contributed by atoms with Gasteiger partial charge < -0.3 is 9.42 Å². The largest absolute Gasteiger partial charge is 0.356 e. The molecule has 0 bridgehead atoms. The van der Waals surface area contributed by atoms with E-state index in [1.165, 1.54) is 0 Å². The van der Waals surface area contributed by atoms with Gasteiger partial charge in [-0.25, -0.2) is 9.97 Å². The third kappa shape index (κ3) is 4.01. The summed E-state index contributed by atoms with van der Waals surface area (Å²) in [7, 11) is 0. The topological polar surface area (TPSA) is 85.0 Å². The third-order valence-electron chi connectivity index (χ3n) is 5.72. The van der Waals surface area contributed by atoms with Crippen LogP contribution in [0.5, 0.6) is 0 Å². The fourth-order valence-electron chi connectivity index (χ4n) is 4.15. The van der Waals surface area contributed by atoms with E-state index in [4.69, 9.17) is 9.51 Å². The van der Waals surface area contributed by atoms with Crippen molar-refractivity contribution in [1.29, 1.82) is 0 Å². The maximum absolute atomic E-state index is 13.1. The Bertz CT molecular complexity index is 1220. The van der Waals surface area contributed by atoms with Crippen LogP contribution in [0, 0.1) is 6.92 Å². The van der Waals surface area contributed by atoms with Crippen molar-refractivity contribution >= 4 is 5.91 Å². The Morgan fingerprint density at radius 3 is 2.69 bits per heavy atom. The maximum atomic E-state index is 13.1. The second-order valence-electron chi connectivity index (χ2n) is 8.00. The number of amides is 1. The van der Waals surface area contributed by atoms with Gasteiger partial charge in [0.2, 0.25) is 0 Å². The van der Waals surface area contributed by atoms with E-state index in [0.717, 1.165) is 36.3 Å². The highest BCUT2D eigenvalue weighted by atomic mass is 16.5. The third-order valence-corrected chi connectivity index (χ3v) is 5.72. The highest BCUT2D eigenvalue weighted by molar-refractivity contribution is 5.94. The van der Waals surface area contributed by atoms with Crippen LogP contribution in [-0.4, -0.2) is 44.0 Å². The highest BCUT2D eigenvalue weighted by Gasteiger charge is 2.29. The summed E-state index contributed by atoms with van der Waals surface area (Å²) < 4.78 is 5.54. The first kappa shape index (κ1) is 20.1. The standard InChI is InChI=1S/C25H23N5O2/c1-17-14-22(32-29-17)20-15-27-24(21-11-5-6-12-26-21)28-23(20)19-10-7-13-30(16-19)25(31)18-8-3-2-4-9-18/h2-6,8-9,11-12,14-15,19H,7,10,13,16H2,1H3. The first-order valence-corrected chi connectivity index (χ1v) is 10.8. The Labute approximate surface area is 186 Å². The van der Waals surface area contributed by atoms with E-state index in [-0.39, 0.29) is 11.8 Å². The molecule has 1 amide bonds. The molecule has 5 rings (SSSR count). The van der Waals surface area contributed by atoms with E-state index in [1.807, 2.05) is 66.4 Å². The van der Waals surface area contributed by atoms with Gasteiger partial charge in [0.25, 0.3) is 5.91 Å². The molecule has 1 aliphatic heterocycles. The average Bonchev–Trinajstić information content (AvgIpc) is 3.30. The molecule has 1 unspecified atom stereocenters. The number of likely N-dealkylation sites (tertiary alicyclic amines) is 1. The lowest BCUT2D eigenvalue weighted by Gasteiger charge is -2.33. The van der Waals surface area contributed by atoms with Gasteiger partial charge in [-0.3, -0.25) is 9.78 Å². The summed E-state index contributed by atoms with van der Waals surface area (Å²) in [5.74, 6) is 1.30. The molecule has 7 heteroatoms. The molecule has 1 aliphatic rings. The number of hydrogen-bond donors (Lipinski definition) is 0. The van der Waals surface area contributed by atoms with Crippen molar-refractivity contribution in [2.75, 3.05) is 13.1 Å². The molecule has 4 heterocycles. The number of aromatic nitrogens is 4. The Morgan fingerprint density at radius 2 is 1.94 bits per heavy atom. The van der Waals surface area contributed by atoms with E-state index < -0.39 is 0 Å². The molecule has 0 spiro atoms. The normalized spacial score (nSPS) is 16.2. The zero-order valence-corrected chi connectivity index (χ0v) is 17.8. The molecule has 0 radical (unpaired) electrons. The van der Waals surface area contributed by atoms with Gasteiger partial charge in [-0.15, -0.1) is 0 Å². The van der Waals surface area contributed by atoms with E-state index in [9.17, 15) is 4.79 Å². The lowest BCUT2D eigenvalue weighted by molar-refractivity contribution is 0.0706. The summed E-state index contributed by atoms with van der Waals surface area (Å²) in [6.07, 6.45) is 5.34. The fraction of sp³-hybridized carbons (Fsp3) is 0.240. The predicted octanol–water partition coefficient (Wildman–Crippen LogP) is 4.52. The van der Waals surface area contributed by atoms with Crippen molar-refractivity contribution in [3.05, 3.63) is 83.9 Å². The molecule has 1 aromatic carbocycles. The fourth-order valence-corrected chi connectivity index (χ4v) is 4.15. The molecule has 0 aliphatic carbocycles. The van der Waals surface area contributed by atoms with E-state index in [0.29, 0.717) is 29.4 Å². The molecule has 160 valence electrons. The monoisotopic (exact) mass is 425 g/mol. The lowest BCUT2D eigenvalue weighted by Crippen LogP contribution is -2.39. The first-order valence-electron chi connectivity index (χ1n) is 10.8.